The highest BCUT2D eigenvalue weighted by molar-refractivity contribution is 5.86. The summed E-state index contributed by atoms with van der Waals surface area (Å²) in [5.74, 6) is -0.414. The van der Waals surface area contributed by atoms with Gasteiger partial charge in [0.05, 0.1) is 12.7 Å². The summed E-state index contributed by atoms with van der Waals surface area (Å²) in [5.41, 5.74) is 1.52. The molecular weight excluding hydrogens is 246 g/mol. The van der Waals surface area contributed by atoms with E-state index in [0.717, 1.165) is 5.69 Å². The number of carbonyl (C=O) groups is 1. The molecule has 96 valence electrons. The molecule has 3 aromatic rings. The Morgan fingerprint density at radius 3 is 3.05 bits per heavy atom. The van der Waals surface area contributed by atoms with E-state index in [-0.39, 0.29) is 5.69 Å². The highest BCUT2D eigenvalue weighted by Gasteiger charge is 2.09. The van der Waals surface area contributed by atoms with Gasteiger partial charge in [0.1, 0.15) is 5.82 Å². The minimum absolute atomic E-state index is 0.0194. The first-order chi connectivity index (χ1) is 9.22. The molecule has 7 nitrogen and oxygen atoms in total. The SMILES string of the molecule is O=C(O)c1cn2nc(NCc3ccc[nH]3)ccc2n1. The summed E-state index contributed by atoms with van der Waals surface area (Å²) in [4.78, 5) is 17.8. The maximum atomic E-state index is 10.8. The predicted octanol–water partition coefficient (Wildman–Crippen LogP) is 1.37. The Balaban J connectivity index is 1.82. The summed E-state index contributed by atoms with van der Waals surface area (Å²) in [5, 5.41) is 16.2. The molecule has 0 amide bonds. The quantitative estimate of drug-likeness (QED) is 0.656. The number of carboxylic acids is 1. The number of aromatic nitrogens is 4. The third kappa shape index (κ3) is 2.25. The van der Waals surface area contributed by atoms with Gasteiger partial charge in [0, 0.05) is 11.9 Å². The molecule has 3 heterocycles. The minimum Gasteiger partial charge on any atom is -0.476 e. The number of imidazole rings is 1. The number of fused-ring (bicyclic) bond motifs is 1. The number of anilines is 1. The highest BCUT2D eigenvalue weighted by Crippen LogP contribution is 2.09. The maximum absolute atomic E-state index is 10.8. The van der Waals surface area contributed by atoms with Crippen LogP contribution in [0.3, 0.4) is 0 Å². The Labute approximate surface area is 107 Å². The molecular formula is C12H11N5O2. The van der Waals surface area contributed by atoms with Crippen molar-refractivity contribution in [3.8, 4) is 0 Å². The van der Waals surface area contributed by atoms with Gasteiger partial charge in [-0.3, -0.25) is 0 Å². The van der Waals surface area contributed by atoms with E-state index in [1.807, 2.05) is 18.3 Å². The van der Waals surface area contributed by atoms with Crippen LogP contribution in [0.1, 0.15) is 16.2 Å². The fourth-order valence-electron chi connectivity index (χ4n) is 1.74. The molecule has 0 aromatic carbocycles. The summed E-state index contributed by atoms with van der Waals surface area (Å²) in [7, 11) is 0. The lowest BCUT2D eigenvalue weighted by molar-refractivity contribution is 0.0691. The number of rotatable bonds is 4. The topological polar surface area (TPSA) is 95.3 Å². The van der Waals surface area contributed by atoms with Crippen molar-refractivity contribution in [2.75, 3.05) is 5.32 Å². The zero-order chi connectivity index (χ0) is 13.2. The van der Waals surface area contributed by atoms with Crippen molar-refractivity contribution in [2.24, 2.45) is 0 Å². The minimum atomic E-state index is -1.06. The van der Waals surface area contributed by atoms with Crippen molar-refractivity contribution in [3.63, 3.8) is 0 Å². The van der Waals surface area contributed by atoms with Crippen LogP contribution < -0.4 is 5.32 Å². The number of nitrogens with zero attached hydrogens (tertiary/aromatic N) is 3. The van der Waals surface area contributed by atoms with E-state index < -0.39 is 5.97 Å². The van der Waals surface area contributed by atoms with Gasteiger partial charge in [0.15, 0.2) is 11.3 Å². The number of hydrogen-bond acceptors (Lipinski definition) is 4. The second-order valence-electron chi connectivity index (χ2n) is 4.00. The molecule has 19 heavy (non-hydrogen) atoms. The van der Waals surface area contributed by atoms with Crippen molar-refractivity contribution in [1.82, 2.24) is 19.6 Å². The molecule has 0 saturated carbocycles. The molecule has 7 heteroatoms. The molecule has 0 aliphatic heterocycles. The third-order valence-electron chi connectivity index (χ3n) is 2.66. The van der Waals surface area contributed by atoms with Crippen LogP contribution in [0.2, 0.25) is 0 Å². The van der Waals surface area contributed by atoms with Gasteiger partial charge >= 0.3 is 5.97 Å². The Hall–Kier alpha value is -2.83. The maximum Gasteiger partial charge on any atom is 0.356 e. The Morgan fingerprint density at radius 2 is 2.32 bits per heavy atom. The summed E-state index contributed by atoms with van der Waals surface area (Å²) in [6.45, 7) is 0.617. The lowest BCUT2D eigenvalue weighted by Gasteiger charge is -2.03. The summed E-state index contributed by atoms with van der Waals surface area (Å²) < 4.78 is 1.44. The van der Waals surface area contributed by atoms with Crippen LogP contribution in [0.4, 0.5) is 5.82 Å². The van der Waals surface area contributed by atoms with E-state index in [4.69, 9.17) is 5.11 Å². The van der Waals surface area contributed by atoms with Gasteiger partial charge in [0.25, 0.3) is 0 Å². The molecule has 0 fully saturated rings. The molecule has 0 radical (unpaired) electrons. The smallest absolute Gasteiger partial charge is 0.356 e. The molecule has 0 spiro atoms. The van der Waals surface area contributed by atoms with Crippen molar-refractivity contribution >= 4 is 17.4 Å². The van der Waals surface area contributed by atoms with Crippen LogP contribution in [-0.4, -0.2) is 30.7 Å². The van der Waals surface area contributed by atoms with Crippen molar-refractivity contribution in [2.45, 2.75) is 6.54 Å². The van der Waals surface area contributed by atoms with Gasteiger partial charge in [0.2, 0.25) is 0 Å². The first-order valence-corrected chi connectivity index (χ1v) is 5.68. The molecule has 3 rings (SSSR count). The van der Waals surface area contributed by atoms with Crippen LogP contribution in [0.5, 0.6) is 0 Å². The van der Waals surface area contributed by atoms with E-state index >= 15 is 0 Å². The Bertz CT molecular complexity index is 717. The van der Waals surface area contributed by atoms with E-state index in [2.05, 4.69) is 20.4 Å². The van der Waals surface area contributed by atoms with Crippen LogP contribution >= 0.6 is 0 Å². The molecule has 3 N–H and O–H groups in total. The first kappa shape index (κ1) is 11.3. The van der Waals surface area contributed by atoms with Gasteiger partial charge in [-0.15, -0.1) is 5.10 Å². The average Bonchev–Trinajstić information content (AvgIpc) is 3.04. The van der Waals surface area contributed by atoms with E-state index in [1.165, 1.54) is 10.7 Å². The fraction of sp³-hybridized carbons (Fsp3) is 0.0833. The van der Waals surface area contributed by atoms with Gasteiger partial charge in [-0.2, -0.15) is 0 Å². The lowest BCUT2D eigenvalue weighted by atomic mass is 10.4. The molecule has 3 aromatic heterocycles. The zero-order valence-electron chi connectivity index (χ0n) is 9.87. The first-order valence-electron chi connectivity index (χ1n) is 5.68. The largest absolute Gasteiger partial charge is 0.476 e. The molecule has 0 unspecified atom stereocenters. The van der Waals surface area contributed by atoms with Gasteiger partial charge in [-0.1, -0.05) is 0 Å². The molecule has 0 aliphatic carbocycles. The summed E-state index contributed by atoms with van der Waals surface area (Å²) >= 11 is 0. The van der Waals surface area contributed by atoms with Crippen LogP contribution in [0.25, 0.3) is 5.65 Å². The van der Waals surface area contributed by atoms with E-state index in [9.17, 15) is 4.79 Å². The van der Waals surface area contributed by atoms with Gasteiger partial charge in [-0.25, -0.2) is 14.3 Å². The van der Waals surface area contributed by atoms with E-state index in [0.29, 0.717) is 18.0 Å². The predicted molar refractivity (Wildman–Crippen MR) is 68.1 cm³/mol. The second-order valence-corrected chi connectivity index (χ2v) is 4.00. The second kappa shape index (κ2) is 4.45. The van der Waals surface area contributed by atoms with Crippen molar-refractivity contribution in [3.05, 3.63) is 48.0 Å². The van der Waals surface area contributed by atoms with Crippen LogP contribution in [0.15, 0.2) is 36.7 Å². The van der Waals surface area contributed by atoms with Gasteiger partial charge in [-0.05, 0) is 24.3 Å². The van der Waals surface area contributed by atoms with E-state index in [1.54, 1.807) is 12.1 Å². The Kier molecular flexibility index (Phi) is 2.64. The number of H-pyrrole nitrogens is 1. The molecule has 0 bridgehead atoms. The lowest BCUT2D eigenvalue weighted by Crippen LogP contribution is -2.03. The number of aromatic amines is 1. The summed E-state index contributed by atoms with van der Waals surface area (Å²) in [6.07, 6.45) is 3.24. The van der Waals surface area contributed by atoms with Crippen LogP contribution in [0, 0.1) is 0 Å². The third-order valence-corrected chi connectivity index (χ3v) is 2.66. The number of hydrogen-bond donors (Lipinski definition) is 3. The normalized spacial score (nSPS) is 10.7. The highest BCUT2D eigenvalue weighted by atomic mass is 16.4. The average molecular weight is 257 g/mol. The molecule has 0 saturated heterocycles. The Morgan fingerprint density at radius 1 is 1.42 bits per heavy atom. The standard InChI is InChI=1S/C12H11N5O2/c18-12(19)9-7-17-11(15-9)4-3-10(16-17)14-6-8-2-1-5-13-8/h1-5,7,13H,6H2,(H,14,16)(H,18,19). The molecule has 0 atom stereocenters. The fourth-order valence-corrected chi connectivity index (χ4v) is 1.74. The van der Waals surface area contributed by atoms with Gasteiger partial charge < -0.3 is 15.4 Å². The molecule has 0 aliphatic rings. The number of aromatic carboxylic acids is 1. The van der Waals surface area contributed by atoms with Crippen molar-refractivity contribution < 1.29 is 9.90 Å². The van der Waals surface area contributed by atoms with Crippen molar-refractivity contribution in [1.29, 1.82) is 0 Å². The number of carboxylic acid groups (broad SMARTS) is 1. The van der Waals surface area contributed by atoms with Crippen LogP contribution in [-0.2, 0) is 6.54 Å². The summed E-state index contributed by atoms with van der Waals surface area (Å²) in [6, 6.07) is 7.36. The zero-order valence-corrected chi connectivity index (χ0v) is 9.87. The number of nitrogens with one attached hydrogen (secondary N) is 2. The monoisotopic (exact) mass is 257 g/mol.